The molecular formula is C14H11Br2NO2. The fourth-order valence-corrected chi connectivity index (χ4v) is 2.26. The summed E-state index contributed by atoms with van der Waals surface area (Å²) in [5.41, 5.74) is 1.31. The molecule has 98 valence electrons. The van der Waals surface area contributed by atoms with Crippen molar-refractivity contribution in [1.82, 2.24) is 0 Å². The number of hydrogen-bond acceptors (Lipinski definition) is 3. The molecule has 2 rings (SSSR count). The van der Waals surface area contributed by atoms with E-state index in [4.69, 9.17) is 9.94 Å². The summed E-state index contributed by atoms with van der Waals surface area (Å²) in [6.07, 6.45) is 0. The summed E-state index contributed by atoms with van der Waals surface area (Å²) in [6, 6.07) is 16.9. The molecule has 1 N–H and O–H groups in total. The summed E-state index contributed by atoms with van der Waals surface area (Å²) in [6.45, 7) is 0. The zero-order chi connectivity index (χ0) is 13.7. The first-order valence-electron chi connectivity index (χ1n) is 5.54. The van der Waals surface area contributed by atoms with Crippen LogP contribution in [0.5, 0.6) is 11.5 Å². The van der Waals surface area contributed by atoms with Crippen LogP contribution in [0.2, 0.25) is 0 Å². The first kappa shape index (κ1) is 14.1. The van der Waals surface area contributed by atoms with Gasteiger partial charge in [0.1, 0.15) is 20.9 Å². The van der Waals surface area contributed by atoms with Crippen LogP contribution < -0.4 is 4.74 Å². The zero-order valence-electron chi connectivity index (χ0n) is 9.83. The number of hydrogen-bond donors (Lipinski definition) is 1. The highest BCUT2D eigenvalue weighted by atomic mass is 79.9. The molecule has 19 heavy (non-hydrogen) atoms. The molecule has 0 heterocycles. The van der Waals surface area contributed by atoms with Gasteiger partial charge in [0, 0.05) is 5.56 Å². The van der Waals surface area contributed by atoms with E-state index in [2.05, 4.69) is 37.0 Å². The third-order valence-electron chi connectivity index (χ3n) is 2.44. The molecular weight excluding hydrogens is 374 g/mol. The Kier molecular flexibility index (Phi) is 4.99. The summed E-state index contributed by atoms with van der Waals surface area (Å²) >= 11 is 6.61. The Labute approximate surface area is 128 Å². The molecule has 0 atom stereocenters. The second-order valence-corrected chi connectivity index (χ2v) is 6.79. The van der Waals surface area contributed by atoms with E-state index in [9.17, 15) is 0 Å². The van der Waals surface area contributed by atoms with E-state index in [-0.39, 0.29) is 3.74 Å². The van der Waals surface area contributed by atoms with Crippen molar-refractivity contribution in [3.8, 4) is 11.5 Å². The van der Waals surface area contributed by atoms with Crippen LogP contribution in [0.15, 0.2) is 59.8 Å². The van der Waals surface area contributed by atoms with Crippen molar-refractivity contribution in [2.75, 3.05) is 0 Å². The molecule has 0 radical (unpaired) electrons. The summed E-state index contributed by atoms with van der Waals surface area (Å²) in [4.78, 5) is 0. The molecule has 0 fully saturated rings. The molecule has 0 bridgehead atoms. The van der Waals surface area contributed by atoms with Crippen molar-refractivity contribution in [2.24, 2.45) is 5.16 Å². The van der Waals surface area contributed by atoms with Crippen molar-refractivity contribution in [3.05, 3.63) is 60.2 Å². The lowest BCUT2D eigenvalue weighted by Crippen LogP contribution is -2.08. The number of oxime groups is 1. The topological polar surface area (TPSA) is 41.8 Å². The standard InChI is InChI=1S/C14H11Br2NO2/c15-14(16)13(17-18)10-6-8-12(9-7-10)19-11-4-2-1-3-5-11/h1-9,14,18H. The van der Waals surface area contributed by atoms with Gasteiger partial charge in [-0.15, -0.1) is 0 Å². The second kappa shape index (κ2) is 6.73. The van der Waals surface area contributed by atoms with Gasteiger partial charge in [-0.3, -0.25) is 0 Å². The minimum Gasteiger partial charge on any atom is -0.457 e. The van der Waals surface area contributed by atoms with Crippen LogP contribution in [-0.4, -0.2) is 14.7 Å². The lowest BCUT2D eigenvalue weighted by Gasteiger charge is -2.08. The Hall–Kier alpha value is -1.33. The van der Waals surface area contributed by atoms with Gasteiger partial charge >= 0.3 is 0 Å². The SMILES string of the molecule is ON=C(c1ccc(Oc2ccccc2)cc1)C(Br)Br. The fraction of sp³-hybridized carbons (Fsp3) is 0.0714. The predicted octanol–water partition coefficient (Wildman–Crippen LogP) is 4.77. The molecule has 0 aliphatic carbocycles. The minimum atomic E-state index is -0.203. The number of benzene rings is 2. The van der Waals surface area contributed by atoms with E-state index in [0.717, 1.165) is 17.1 Å². The predicted molar refractivity (Wildman–Crippen MR) is 82.9 cm³/mol. The van der Waals surface area contributed by atoms with Gasteiger partial charge in [0.2, 0.25) is 0 Å². The molecule has 3 nitrogen and oxygen atoms in total. The van der Waals surface area contributed by atoms with Gasteiger partial charge in [-0.25, -0.2) is 0 Å². The van der Waals surface area contributed by atoms with Gasteiger partial charge in [0.25, 0.3) is 0 Å². The number of ether oxygens (including phenoxy) is 1. The van der Waals surface area contributed by atoms with Crippen LogP contribution in [0.3, 0.4) is 0 Å². The summed E-state index contributed by atoms with van der Waals surface area (Å²) in [7, 11) is 0. The minimum absolute atomic E-state index is 0.203. The largest absolute Gasteiger partial charge is 0.457 e. The monoisotopic (exact) mass is 383 g/mol. The maximum Gasteiger partial charge on any atom is 0.127 e. The summed E-state index contributed by atoms with van der Waals surface area (Å²) in [5.74, 6) is 1.51. The van der Waals surface area contributed by atoms with E-state index in [1.165, 1.54) is 0 Å². The Morgan fingerprint density at radius 3 is 2.05 bits per heavy atom. The average Bonchev–Trinajstić information content (AvgIpc) is 2.42. The van der Waals surface area contributed by atoms with Gasteiger partial charge in [-0.1, -0.05) is 55.2 Å². The average molecular weight is 385 g/mol. The van der Waals surface area contributed by atoms with Gasteiger partial charge in [-0.2, -0.15) is 0 Å². The molecule has 0 aliphatic heterocycles. The van der Waals surface area contributed by atoms with E-state index in [0.29, 0.717) is 5.71 Å². The van der Waals surface area contributed by atoms with Crippen LogP contribution in [0, 0.1) is 0 Å². The quantitative estimate of drug-likeness (QED) is 0.357. The van der Waals surface area contributed by atoms with Gasteiger partial charge in [0.15, 0.2) is 0 Å². The molecule has 5 heteroatoms. The highest BCUT2D eigenvalue weighted by Crippen LogP contribution is 2.23. The molecule has 0 saturated carbocycles. The van der Waals surface area contributed by atoms with Gasteiger partial charge in [0.05, 0.1) is 0 Å². The molecule has 0 spiro atoms. The van der Waals surface area contributed by atoms with E-state index < -0.39 is 0 Å². The van der Waals surface area contributed by atoms with Crippen molar-refractivity contribution < 1.29 is 9.94 Å². The number of para-hydroxylation sites is 1. The van der Waals surface area contributed by atoms with Crippen LogP contribution in [0.1, 0.15) is 5.56 Å². The van der Waals surface area contributed by atoms with Gasteiger partial charge in [-0.05, 0) is 36.4 Å². The zero-order valence-corrected chi connectivity index (χ0v) is 13.0. The molecule has 2 aromatic carbocycles. The molecule has 0 unspecified atom stereocenters. The Morgan fingerprint density at radius 1 is 0.947 bits per heavy atom. The van der Waals surface area contributed by atoms with Crippen LogP contribution in [-0.2, 0) is 0 Å². The van der Waals surface area contributed by atoms with Crippen molar-refractivity contribution in [1.29, 1.82) is 0 Å². The number of nitrogens with zero attached hydrogens (tertiary/aromatic N) is 1. The van der Waals surface area contributed by atoms with Crippen LogP contribution in [0.4, 0.5) is 0 Å². The highest BCUT2D eigenvalue weighted by Gasteiger charge is 2.12. The van der Waals surface area contributed by atoms with Crippen molar-refractivity contribution in [3.63, 3.8) is 0 Å². The number of halogens is 2. The molecule has 2 aromatic rings. The highest BCUT2D eigenvalue weighted by molar-refractivity contribution is 9.25. The van der Waals surface area contributed by atoms with E-state index >= 15 is 0 Å². The van der Waals surface area contributed by atoms with Crippen LogP contribution in [0.25, 0.3) is 0 Å². The summed E-state index contributed by atoms with van der Waals surface area (Å²) in [5, 5.41) is 12.2. The van der Waals surface area contributed by atoms with Crippen molar-refractivity contribution in [2.45, 2.75) is 3.74 Å². The van der Waals surface area contributed by atoms with Crippen molar-refractivity contribution >= 4 is 37.6 Å². The maximum absolute atomic E-state index is 8.95. The molecule has 0 amide bonds. The van der Waals surface area contributed by atoms with E-state index in [1.807, 2.05) is 54.6 Å². The Bertz CT molecular complexity index is 553. The lowest BCUT2D eigenvalue weighted by atomic mass is 10.1. The van der Waals surface area contributed by atoms with Gasteiger partial charge < -0.3 is 9.94 Å². The third-order valence-corrected chi connectivity index (χ3v) is 3.31. The van der Waals surface area contributed by atoms with E-state index in [1.54, 1.807) is 0 Å². The Morgan fingerprint density at radius 2 is 1.53 bits per heavy atom. The first-order valence-corrected chi connectivity index (χ1v) is 7.37. The fourth-order valence-electron chi connectivity index (χ4n) is 1.55. The number of alkyl halides is 2. The lowest BCUT2D eigenvalue weighted by molar-refractivity contribution is 0.319. The number of rotatable bonds is 4. The normalized spacial score (nSPS) is 11.6. The summed E-state index contributed by atoms with van der Waals surface area (Å²) < 4.78 is 5.48. The molecule has 0 aromatic heterocycles. The molecule has 0 saturated heterocycles. The molecule has 0 aliphatic rings. The second-order valence-electron chi connectivity index (χ2n) is 3.73. The first-order chi connectivity index (χ1) is 9.20. The Balaban J connectivity index is 2.15. The smallest absolute Gasteiger partial charge is 0.127 e. The maximum atomic E-state index is 8.95. The third kappa shape index (κ3) is 3.81. The van der Waals surface area contributed by atoms with Crippen LogP contribution >= 0.6 is 31.9 Å².